The van der Waals surface area contributed by atoms with Gasteiger partial charge in [-0.25, -0.2) is 4.39 Å². The Balaban J connectivity index is 1.34. The minimum absolute atomic E-state index is 0.00610. The number of carbonyl (C=O) groups is 1. The topological polar surface area (TPSA) is 61.8 Å². The van der Waals surface area contributed by atoms with Crippen LogP contribution in [0.25, 0.3) is 0 Å². The molecule has 4 rings (SSSR count). The Morgan fingerprint density at radius 2 is 1.97 bits per heavy atom. The van der Waals surface area contributed by atoms with Gasteiger partial charge in [0.2, 0.25) is 0 Å². The average Bonchev–Trinajstić information content (AvgIpc) is 3.42. The number of β-amino-alcohol motifs (C(OH)–C–C–N with tert-alkyl or cyclic N) is 1. The Morgan fingerprint density at radius 1 is 1.19 bits per heavy atom. The Bertz CT molecular complexity index is 917. The zero-order chi connectivity index (χ0) is 22.0. The molecule has 4 atom stereocenters. The Labute approximate surface area is 183 Å². The molecule has 1 aliphatic heterocycles. The predicted octanol–water partition coefficient (Wildman–Crippen LogP) is 4.03. The molecule has 1 saturated heterocycles. The number of likely N-dealkylation sites (tertiary alicyclic amines) is 1. The van der Waals surface area contributed by atoms with E-state index in [1.807, 2.05) is 18.2 Å². The van der Waals surface area contributed by atoms with E-state index in [0.717, 1.165) is 24.8 Å². The van der Waals surface area contributed by atoms with Crippen molar-refractivity contribution in [3.8, 4) is 5.75 Å². The zero-order valence-electron chi connectivity index (χ0n) is 18.2. The molecule has 1 aliphatic carbocycles. The van der Waals surface area contributed by atoms with Gasteiger partial charge in [-0.2, -0.15) is 0 Å². The van der Waals surface area contributed by atoms with E-state index in [9.17, 15) is 14.3 Å². The second-order valence-electron chi connectivity index (χ2n) is 8.84. The van der Waals surface area contributed by atoms with Crippen molar-refractivity contribution in [2.75, 3.05) is 20.2 Å². The Morgan fingerprint density at radius 3 is 2.65 bits per heavy atom. The van der Waals surface area contributed by atoms with Crippen LogP contribution in [-0.4, -0.2) is 48.3 Å². The Hall–Kier alpha value is -2.44. The summed E-state index contributed by atoms with van der Waals surface area (Å²) in [6, 6.07) is 13.2. The van der Waals surface area contributed by atoms with Gasteiger partial charge in [-0.3, -0.25) is 4.79 Å². The average molecular weight is 427 g/mol. The second-order valence-corrected chi connectivity index (χ2v) is 8.84. The fraction of sp³-hybridized carbons (Fsp3) is 0.480. The monoisotopic (exact) mass is 426 g/mol. The summed E-state index contributed by atoms with van der Waals surface area (Å²) in [6.07, 6.45) is 3.42. The second kappa shape index (κ2) is 9.37. The number of methoxy groups -OCH3 is 1. The number of aliphatic hydroxyl groups is 1. The molecule has 0 aromatic heterocycles. The van der Waals surface area contributed by atoms with Crippen molar-refractivity contribution >= 4 is 5.91 Å². The first-order valence-electron chi connectivity index (χ1n) is 11.1. The van der Waals surface area contributed by atoms with E-state index in [2.05, 4.69) is 24.4 Å². The first kappa shape index (κ1) is 21.8. The van der Waals surface area contributed by atoms with Crippen LogP contribution in [0.5, 0.6) is 5.75 Å². The molecule has 6 heteroatoms. The van der Waals surface area contributed by atoms with Crippen molar-refractivity contribution in [2.45, 2.75) is 56.7 Å². The largest absolute Gasteiger partial charge is 0.497 e. The summed E-state index contributed by atoms with van der Waals surface area (Å²) >= 11 is 0. The van der Waals surface area contributed by atoms with Crippen LogP contribution >= 0.6 is 0 Å². The molecule has 2 fully saturated rings. The van der Waals surface area contributed by atoms with E-state index in [1.165, 1.54) is 11.6 Å². The van der Waals surface area contributed by atoms with Gasteiger partial charge in [-0.15, -0.1) is 0 Å². The van der Waals surface area contributed by atoms with Crippen molar-refractivity contribution < 1.29 is 19.0 Å². The highest BCUT2D eigenvalue weighted by Gasteiger charge is 2.28. The fourth-order valence-corrected chi connectivity index (χ4v) is 4.84. The molecular formula is C25H31FN2O3. The third-order valence-electron chi connectivity index (χ3n) is 6.63. The van der Waals surface area contributed by atoms with Gasteiger partial charge >= 0.3 is 0 Å². The lowest BCUT2D eigenvalue weighted by molar-refractivity contribution is 0.0765. The molecular weight excluding hydrogens is 395 g/mol. The molecule has 1 amide bonds. The van der Waals surface area contributed by atoms with Gasteiger partial charge in [0.05, 0.1) is 13.2 Å². The van der Waals surface area contributed by atoms with E-state index < -0.39 is 6.10 Å². The number of rotatable bonds is 6. The van der Waals surface area contributed by atoms with Crippen LogP contribution in [0.15, 0.2) is 42.5 Å². The summed E-state index contributed by atoms with van der Waals surface area (Å²) < 4.78 is 19.0. The van der Waals surface area contributed by atoms with E-state index >= 15 is 0 Å². The number of hydrogen-bond donors (Lipinski definition) is 2. The summed E-state index contributed by atoms with van der Waals surface area (Å²) in [7, 11) is 1.55. The van der Waals surface area contributed by atoms with Gasteiger partial charge in [0, 0.05) is 36.8 Å². The van der Waals surface area contributed by atoms with E-state index in [0.29, 0.717) is 42.8 Å². The number of aliphatic hydroxyl groups excluding tert-OH is 1. The third kappa shape index (κ3) is 5.08. The molecule has 2 aromatic carbocycles. The number of ether oxygens (including phenoxy) is 1. The summed E-state index contributed by atoms with van der Waals surface area (Å²) in [4.78, 5) is 14.3. The number of nitrogens with one attached hydrogen (secondary N) is 1. The van der Waals surface area contributed by atoms with E-state index in [4.69, 9.17) is 4.74 Å². The summed E-state index contributed by atoms with van der Waals surface area (Å²) in [5, 5.41) is 13.3. The van der Waals surface area contributed by atoms with Gasteiger partial charge < -0.3 is 20.1 Å². The molecule has 1 heterocycles. The van der Waals surface area contributed by atoms with Gasteiger partial charge in [0.15, 0.2) is 0 Å². The molecule has 0 bridgehead atoms. The SMILES string of the molecule is COc1cc(F)cc([C@@H](C)N[C@H]2CC[C@@H](c3ccc(C(=O)N4CC[C@H](O)C4)cc3)C2)c1. The lowest BCUT2D eigenvalue weighted by atomic mass is 9.96. The van der Waals surface area contributed by atoms with Crippen molar-refractivity contribution in [3.05, 3.63) is 65.0 Å². The molecule has 0 unspecified atom stereocenters. The lowest BCUT2D eigenvalue weighted by Crippen LogP contribution is -2.29. The van der Waals surface area contributed by atoms with Crippen LogP contribution in [0.1, 0.15) is 66.1 Å². The molecule has 5 nitrogen and oxygen atoms in total. The van der Waals surface area contributed by atoms with Crippen molar-refractivity contribution in [1.82, 2.24) is 10.2 Å². The zero-order valence-corrected chi connectivity index (χ0v) is 18.2. The number of amides is 1. The Kier molecular flexibility index (Phi) is 6.58. The van der Waals surface area contributed by atoms with Crippen LogP contribution in [0.2, 0.25) is 0 Å². The maximum atomic E-state index is 13.8. The molecule has 2 aliphatic rings. The van der Waals surface area contributed by atoms with Gasteiger partial charge in [-0.05, 0) is 73.9 Å². The lowest BCUT2D eigenvalue weighted by Gasteiger charge is -2.21. The highest BCUT2D eigenvalue weighted by molar-refractivity contribution is 5.94. The normalized spacial score (nSPS) is 24.4. The first-order valence-corrected chi connectivity index (χ1v) is 11.1. The van der Waals surface area contributed by atoms with Gasteiger partial charge in [0.25, 0.3) is 5.91 Å². The highest BCUT2D eigenvalue weighted by atomic mass is 19.1. The van der Waals surface area contributed by atoms with Crippen LogP contribution in [0, 0.1) is 5.82 Å². The van der Waals surface area contributed by atoms with Gasteiger partial charge in [0.1, 0.15) is 11.6 Å². The number of halogens is 1. The molecule has 31 heavy (non-hydrogen) atoms. The molecule has 166 valence electrons. The quantitative estimate of drug-likeness (QED) is 0.732. The van der Waals surface area contributed by atoms with Crippen LogP contribution in [0.4, 0.5) is 4.39 Å². The summed E-state index contributed by atoms with van der Waals surface area (Å²) in [5.41, 5.74) is 2.82. The first-order chi connectivity index (χ1) is 14.9. The smallest absolute Gasteiger partial charge is 0.253 e. The molecule has 0 radical (unpaired) electrons. The summed E-state index contributed by atoms with van der Waals surface area (Å²) in [6.45, 7) is 3.09. The highest BCUT2D eigenvalue weighted by Crippen LogP contribution is 2.36. The minimum Gasteiger partial charge on any atom is -0.497 e. The molecule has 0 spiro atoms. The molecule has 2 aromatic rings. The van der Waals surface area contributed by atoms with E-state index in [1.54, 1.807) is 18.1 Å². The number of benzene rings is 2. The maximum absolute atomic E-state index is 13.8. The van der Waals surface area contributed by atoms with Gasteiger partial charge in [-0.1, -0.05) is 12.1 Å². The van der Waals surface area contributed by atoms with E-state index in [-0.39, 0.29) is 17.8 Å². The standard InChI is InChI=1S/C25H31FN2O3/c1-16(20-11-21(26)14-24(13-20)31-2)27-22-8-7-19(12-22)17-3-5-18(6-4-17)25(30)28-10-9-23(29)15-28/h3-6,11,13-14,16,19,22-23,27,29H,7-10,12,15H2,1-2H3/t16-,19-,22+,23+/m1/s1. The number of carbonyl (C=O) groups excluding carboxylic acids is 1. The summed E-state index contributed by atoms with van der Waals surface area (Å²) in [5.74, 6) is 0.689. The number of nitrogens with zero attached hydrogens (tertiary/aromatic N) is 1. The van der Waals surface area contributed by atoms with Crippen LogP contribution in [0.3, 0.4) is 0 Å². The van der Waals surface area contributed by atoms with Crippen molar-refractivity contribution in [3.63, 3.8) is 0 Å². The maximum Gasteiger partial charge on any atom is 0.253 e. The minimum atomic E-state index is -0.401. The number of hydrogen-bond acceptors (Lipinski definition) is 4. The predicted molar refractivity (Wildman–Crippen MR) is 118 cm³/mol. The van der Waals surface area contributed by atoms with Crippen LogP contribution in [-0.2, 0) is 0 Å². The molecule has 2 N–H and O–H groups in total. The van der Waals surface area contributed by atoms with Crippen LogP contribution < -0.4 is 10.1 Å². The third-order valence-corrected chi connectivity index (χ3v) is 6.63. The fourth-order valence-electron chi connectivity index (χ4n) is 4.84. The van der Waals surface area contributed by atoms with Crippen molar-refractivity contribution in [2.24, 2.45) is 0 Å². The van der Waals surface area contributed by atoms with Crippen molar-refractivity contribution in [1.29, 1.82) is 0 Å². The molecule has 1 saturated carbocycles.